The molecule has 0 unspecified atom stereocenters. The molecule has 3 aromatic rings. The highest BCUT2D eigenvalue weighted by molar-refractivity contribution is 5.68. The lowest BCUT2D eigenvalue weighted by atomic mass is 10.1. The van der Waals surface area contributed by atoms with E-state index >= 15 is 0 Å². The average molecular weight is 281 g/mol. The number of methoxy groups -OCH3 is 1. The highest BCUT2D eigenvalue weighted by atomic mass is 16.5. The number of benzene rings is 1. The van der Waals surface area contributed by atoms with Crippen molar-refractivity contribution in [3.8, 4) is 17.0 Å². The van der Waals surface area contributed by atoms with E-state index in [0.29, 0.717) is 6.54 Å². The van der Waals surface area contributed by atoms with E-state index in [1.807, 2.05) is 24.3 Å². The molecule has 3 rings (SSSR count). The van der Waals surface area contributed by atoms with Crippen molar-refractivity contribution >= 4 is 5.65 Å². The summed E-state index contributed by atoms with van der Waals surface area (Å²) in [7, 11) is 1.67. The Kier molecular flexibility index (Phi) is 3.62. The lowest BCUT2D eigenvalue weighted by molar-refractivity contribution is 0.415. The molecule has 2 N–H and O–H groups in total. The molecule has 4 nitrogen and oxygen atoms in total. The van der Waals surface area contributed by atoms with Crippen LogP contribution >= 0.6 is 0 Å². The van der Waals surface area contributed by atoms with Crippen LogP contribution in [0, 0.1) is 6.92 Å². The van der Waals surface area contributed by atoms with Crippen LogP contribution in [0.3, 0.4) is 0 Å². The zero-order chi connectivity index (χ0) is 14.8. The van der Waals surface area contributed by atoms with E-state index in [4.69, 9.17) is 15.5 Å². The summed E-state index contributed by atoms with van der Waals surface area (Å²) in [6.07, 6.45) is 0.766. The van der Waals surface area contributed by atoms with Gasteiger partial charge in [0.1, 0.15) is 11.4 Å². The van der Waals surface area contributed by atoms with Gasteiger partial charge < -0.3 is 10.5 Å². The van der Waals surface area contributed by atoms with Crippen LogP contribution in [0.4, 0.5) is 0 Å². The van der Waals surface area contributed by atoms with Gasteiger partial charge in [0.2, 0.25) is 0 Å². The second kappa shape index (κ2) is 5.58. The number of ether oxygens (including phenoxy) is 1. The zero-order valence-electron chi connectivity index (χ0n) is 12.3. The number of imidazole rings is 1. The summed E-state index contributed by atoms with van der Waals surface area (Å²) in [6.45, 7) is 2.68. The van der Waals surface area contributed by atoms with Crippen molar-refractivity contribution in [3.63, 3.8) is 0 Å². The summed E-state index contributed by atoms with van der Waals surface area (Å²) in [5.74, 6) is 0.852. The van der Waals surface area contributed by atoms with Gasteiger partial charge in [0.15, 0.2) is 0 Å². The first-order valence-corrected chi connectivity index (χ1v) is 7.06. The molecule has 0 saturated carbocycles. The predicted octanol–water partition coefficient (Wildman–Crippen LogP) is 2.82. The van der Waals surface area contributed by atoms with Crippen LogP contribution in [-0.2, 0) is 6.42 Å². The Morgan fingerprint density at radius 2 is 1.90 bits per heavy atom. The van der Waals surface area contributed by atoms with Crippen LogP contribution in [-0.4, -0.2) is 23.0 Å². The number of pyridine rings is 1. The Balaban J connectivity index is 2.24. The van der Waals surface area contributed by atoms with Gasteiger partial charge in [0.05, 0.1) is 18.5 Å². The molecule has 2 heterocycles. The maximum atomic E-state index is 5.74. The average Bonchev–Trinajstić information content (AvgIpc) is 2.87. The van der Waals surface area contributed by atoms with Crippen molar-refractivity contribution in [2.24, 2.45) is 5.73 Å². The molecule has 21 heavy (non-hydrogen) atoms. The lowest BCUT2D eigenvalue weighted by Gasteiger charge is -2.08. The molecular formula is C17H19N3O. The standard InChI is InChI=1S/C17H19N3O/c1-12-4-3-5-16-19-15(10-11-18)17(20(12)16)13-6-8-14(21-2)9-7-13/h3-9H,10-11,18H2,1-2H3. The van der Waals surface area contributed by atoms with Crippen LogP contribution < -0.4 is 10.5 Å². The first-order valence-electron chi connectivity index (χ1n) is 7.06. The van der Waals surface area contributed by atoms with Crippen molar-refractivity contribution < 1.29 is 4.74 Å². The maximum absolute atomic E-state index is 5.74. The first kappa shape index (κ1) is 13.6. The van der Waals surface area contributed by atoms with Crippen molar-refractivity contribution in [3.05, 3.63) is 53.9 Å². The fraction of sp³-hybridized carbons (Fsp3) is 0.235. The topological polar surface area (TPSA) is 52.5 Å². The molecule has 0 spiro atoms. The van der Waals surface area contributed by atoms with Crippen molar-refractivity contribution in [1.29, 1.82) is 0 Å². The molecule has 2 aromatic heterocycles. The van der Waals surface area contributed by atoms with Crippen LogP contribution in [0.15, 0.2) is 42.5 Å². The van der Waals surface area contributed by atoms with Gasteiger partial charge in [0, 0.05) is 17.7 Å². The Bertz CT molecular complexity index is 760. The molecule has 0 radical (unpaired) electrons. The minimum Gasteiger partial charge on any atom is -0.497 e. The van der Waals surface area contributed by atoms with Gasteiger partial charge in [-0.2, -0.15) is 0 Å². The number of hydrogen-bond acceptors (Lipinski definition) is 3. The normalized spacial score (nSPS) is 11.0. The van der Waals surface area contributed by atoms with Crippen LogP contribution in [0.1, 0.15) is 11.4 Å². The minimum atomic E-state index is 0.589. The summed E-state index contributed by atoms with van der Waals surface area (Å²) >= 11 is 0. The number of hydrogen-bond donors (Lipinski definition) is 1. The molecule has 0 saturated heterocycles. The molecule has 108 valence electrons. The third kappa shape index (κ3) is 2.38. The monoisotopic (exact) mass is 281 g/mol. The van der Waals surface area contributed by atoms with Gasteiger partial charge in [-0.1, -0.05) is 6.07 Å². The molecule has 0 aliphatic rings. The lowest BCUT2D eigenvalue weighted by Crippen LogP contribution is -2.04. The minimum absolute atomic E-state index is 0.589. The Labute approximate surface area is 124 Å². The number of rotatable bonds is 4. The Morgan fingerprint density at radius 1 is 1.14 bits per heavy atom. The molecule has 0 fully saturated rings. The van der Waals surface area contributed by atoms with Crippen LogP contribution in [0.25, 0.3) is 16.9 Å². The Hall–Kier alpha value is -2.33. The zero-order valence-corrected chi connectivity index (χ0v) is 12.3. The Morgan fingerprint density at radius 3 is 2.57 bits per heavy atom. The van der Waals surface area contributed by atoms with E-state index < -0.39 is 0 Å². The summed E-state index contributed by atoms with van der Waals surface area (Å²) < 4.78 is 7.42. The number of nitrogens with two attached hydrogens (primary N) is 1. The molecule has 4 heteroatoms. The quantitative estimate of drug-likeness (QED) is 0.800. The van der Waals surface area contributed by atoms with E-state index in [-0.39, 0.29) is 0 Å². The predicted molar refractivity (Wildman–Crippen MR) is 84.7 cm³/mol. The fourth-order valence-electron chi connectivity index (χ4n) is 2.66. The van der Waals surface area contributed by atoms with E-state index in [1.54, 1.807) is 7.11 Å². The number of aryl methyl sites for hydroxylation is 1. The summed E-state index contributed by atoms with van der Waals surface area (Å²) in [4.78, 5) is 4.73. The highest BCUT2D eigenvalue weighted by Gasteiger charge is 2.14. The van der Waals surface area contributed by atoms with E-state index in [2.05, 4.69) is 29.5 Å². The number of nitrogens with zero attached hydrogens (tertiary/aromatic N) is 2. The second-order valence-electron chi connectivity index (χ2n) is 5.04. The molecule has 0 amide bonds. The third-order valence-corrected chi connectivity index (χ3v) is 3.66. The van der Waals surface area contributed by atoms with Gasteiger partial charge in [-0.3, -0.25) is 4.40 Å². The summed E-state index contributed by atoms with van der Waals surface area (Å²) in [6, 6.07) is 14.2. The maximum Gasteiger partial charge on any atom is 0.137 e. The van der Waals surface area contributed by atoms with Gasteiger partial charge in [-0.15, -0.1) is 0 Å². The summed E-state index contributed by atoms with van der Waals surface area (Å²) in [5.41, 5.74) is 11.2. The number of fused-ring (bicyclic) bond motifs is 1. The molecule has 0 aliphatic carbocycles. The van der Waals surface area contributed by atoms with Crippen LogP contribution in [0.5, 0.6) is 5.75 Å². The third-order valence-electron chi connectivity index (χ3n) is 3.66. The summed E-state index contributed by atoms with van der Waals surface area (Å²) in [5, 5.41) is 0. The van der Waals surface area contributed by atoms with E-state index in [0.717, 1.165) is 40.5 Å². The molecule has 0 atom stereocenters. The van der Waals surface area contributed by atoms with E-state index in [9.17, 15) is 0 Å². The largest absolute Gasteiger partial charge is 0.497 e. The molecule has 0 aliphatic heterocycles. The molecule has 0 bridgehead atoms. The van der Waals surface area contributed by atoms with Gasteiger partial charge >= 0.3 is 0 Å². The fourth-order valence-corrected chi connectivity index (χ4v) is 2.66. The van der Waals surface area contributed by atoms with Crippen LogP contribution in [0.2, 0.25) is 0 Å². The van der Waals surface area contributed by atoms with Gasteiger partial charge in [-0.05, 0) is 49.9 Å². The number of aromatic nitrogens is 2. The van der Waals surface area contributed by atoms with E-state index in [1.165, 1.54) is 0 Å². The van der Waals surface area contributed by atoms with Crippen molar-refractivity contribution in [2.75, 3.05) is 13.7 Å². The smallest absolute Gasteiger partial charge is 0.137 e. The molecular weight excluding hydrogens is 262 g/mol. The first-order chi connectivity index (χ1) is 10.2. The van der Waals surface area contributed by atoms with Gasteiger partial charge in [-0.25, -0.2) is 4.98 Å². The van der Waals surface area contributed by atoms with Crippen molar-refractivity contribution in [2.45, 2.75) is 13.3 Å². The van der Waals surface area contributed by atoms with Crippen molar-refractivity contribution in [1.82, 2.24) is 9.38 Å². The highest BCUT2D eigenvalue weighted by Crippen LogP contribution is 2.28. The second-order valence-corrected chi connectivity index (χ2v) is 5.04. The SMILES string of the molecule is COc1ccc(-c2c(CCN)nc3cccc(C)n23)cc1. The molecule has 1 aromatic carbocycles. The van der Waals surface area contributed by atoms with Gasteiger partial charge in [0.25, 0.3) is 0 Å².